The summed E-state index contributed by atoms with van der Waals surface area (Å²) >= 11 is 5.80. The van der Waals surface area contributed by atoms with Crippen molar-refractivity contribution in [3.8, 4) is 0 Å². The Morgan fingerprint density at radius 3 is 2.87 bits per heavy atom. The van der Waals surface area contributed by atoms with Gasteiger partial charge in [0, 0.05) is 19.0 Å². The Morgan fingerprint density at radius 2 is 2.20 bits per heavy atom. The monoisotopic (exact) mass is 229 g/mol. The maximum absolute atomic E-state index is 11.9. The number of ether oxygens (including phenoxy) is 1. The highest BCUT2D eigenvalue weighted by Gasteiger charge is 2.38. The van der Waals surface area contributed by atoms with E-state index in [-0.39, 0.29) is 28.5 Å². The third-order valence-corrected chi connectivity index (χ3v) is 3.28. The van der Waals surface area contributed by atoms with Crippen LogP contribution in [-0.4, -0.2) is 36.3 Å². The van der Waals surface area contributed by atoms with Crippen LogP contribution in [0.1, 0.15) is 19.3 Å². The number of allylic oxidation sites excluding steroid dienone is 1. The van der Waals surface area contributed by atoms with E-state index in [0.717, 1.165) is 12.8 Å². The van der Waals surface area contributed by atoms with Crippen LogP contribution < -0.4 is 0 Å². The zero-order valence-corrected chi connectivity index (χ0v) is 9.21. The van der Waals surface area contributed by atoms with Gasteiger partial charge in [0.15, 0.2) is 5.78 Å². The minimum atomic E-state index is -0.254. The van der Waals surface area contributed by atoms with Crippen molar-refractivity contribution < 1.29 is 14.3 Å². The number of Topliss-reactive ketones (excluding diaryl/α,β-unsaturated/α-hetero) is 1. The van der Waals surface area contributed by atoms with Crippen LogP contribution in [0.25, 0.3) is 0 Å². The van der Waals surface area contributed by atoms with Gasteiger partial charge in [-0.1, -0.05) is 11.6 Å². The van der Waals surface area contributed by atoms with Crippen molar-refractivity contribution in [2.45, 2.75) is 25.3 Å². The van der Waals surface area contributed by atoms with Crippen LogP contribution in [0.3, 0.4) is 0 Å². The Kier molecular flexibility index (Phi) is 2.69. The average Bonchev–Trinajstić information content (AvgIpc) is 2.63. The molecule has 5 heteroatoms. The van der Waals surface area contributed by atoms with Gasteiger partial charge in [-0.15, -0.1) is 0 Å². The second-order valence-corrected chi connectivity index (χ2v) is 4.15. The van der Waals surface area contributed by atoms with E-state index in [0.29, 0.717) is 13.0 Å². The molecule has 2 aliphatic heterocycles. The first-order chi connectivity index (χ1) is 7.15. The molecular formula is C10H12ClNO3. The lowest BCUT2D eigenvalue weighted by atomic mass is 10.1. The molecule has 1 fully saturated rings. The number of halogens is 1. The van der Waals surface area contributed by atoms with Gasteiger partial charge in [0.1, 0.15) is 5.03 Å². The van der Waals surface area contributed by atoms with E-state index in [1.54, 1.807) is 4.90 Å². The number of nitrogens with zero attached hydrogens (tertiary/aromatic N) is 1. The Balaban J connectivity index is 2.39. The number of methoxy groups -OCH3 is 1. The van der Waals surface area contributed by atoms with E-state index in [9.17, 15) is 9.59 Å². The van der Waals surface area contributed by atoms with Crippen molar-refractivity contribution in [2.75, 3.05) is 13.7 Å². The molecule has 0 radical (unpaired) electrons. The van der Waals surface area contributed by atoms with Gasteiger partial charge in [0.25, 0.3) is 5.91 Å². The van der Waals surface area contributed by atoms with Gasteiger partial charge in [0.05, 0.1) is 7.11 Å². The molecule has 0 unspecified atom stereocenters. The van der Waals surface area contributed by atoms with Crippen molar-refractivity contribution in [1.82, 2.24) is 4.90 Å². The fourth-order valence-corrected chi connectivity index (χ4v) is 2.38. The Bertz CT molecular complexity index is 351. The van der Waals surface area contributed by atoms with Crippen molar-refractivity contribution in [3.05, 3.63) is 10.8 Å². The lowest BCUT2D eigenvalue weighted by molar-refractivity contribution is -0.130. The summed E-state index contributed by atoms with van der Waals surface area (Å²) in [5.74, 6) is -0.460. The van der Waals surface area contributed by atoms with Gasteiger partial charge in [0.2, 0.25) is 5.76 Å². The third kappa shape index (κ3) is 1.63. The van der Waals surface area contributed by atoms with Crippen LogP contribution in [0.2, 0.25) is 0 Å². The molecule has 2 rings (SSSR count). The topological polar surface area (TPSA) is 46.6 Å². The third-order valence-electron chi connectivity index (χ3n) is 2.90. The van der Waals surface area contributed by atoms with Crippen LogP contribution in [0.5, 0.6) is 0 Å². The zero-order chi connectivity index (χ0) is 11.0. The number of ketones is 1. The number of hydrogen-bond donors (Lipinski definition) is 0. The number of fused-ring (bicyclic) bond motifs is 1. The maximum Gasteiger partial charge on any atom is 0.290 e. The molecule has 0 N–H and O–H groups in total. The van der Waals surface area contributed by atoms with Gasteiger partial charge in [-0.25, -0.2) is 0 Å². The van der Waals surface area contributed by atoms with Crippen LogP contribution in [0.15, 0.2) is 10.8 Å². The first kappa shape index (κ1) is 10.5. The molecule has 0 aromatic carbocycles. The van der Waals surface area contributed by atoms with Crippen LogP contribution in [0.4, 0.5) is 0 Å². The number of carbonyl (C=O) groups is 2. The van der Waals surface area contributed by atoms with Gasteiger partial charge in [-0.3, -0.25) is 9.59 Å². The van der Waals surface area contributed by atoms with Crippen molar-refractivity contribution in [2.24, 2.45) is 0 Å². The van der Waals surface area contributed by atoms with Crippen LogP contribution in [0, 0.1) is 0 Å². The lowest BCUT2D eigenvalue weighted by Gasteiger charge is -2.21. The second kappa shape index (κ2) is 3.85. The smallest absolute Gasteiger partial charge is 0.290 e. The fourth-order valence-electron chi connectivity index (χ4n) is 2.15. The lowest BCUT2D eigenvalue weighted by Crippen LogP contribution is -2.35. The zero-order valence-electron chi connectivity index (χ0n) is 8.46. The maximum atomic E-state index is 11.9. The second-order valence-electron chi connectivity index (χ2n) is 3.77. The summed E-state index contributed by atoms with van der Waals surface area (Å²) in [5, 5.41) is -0.0584. The van der Waals surface area contributed by atoms with E-state index >= 15 is 0 Å². The minimum absolute atomic E-state index is 0.00593. The molecule has 0 aromatic rings. The van der Waals surface area contributed by atoms with Gasteiger partial charge in [-0.2, -0.15) is 0 Å². The summed E-state index contributed by atoms with van der Waals surface area (Å²) in [4.78, 5) is 25.2. The molecule has 82 valence electrons. The summed E-state index contributed by atoms with van der Waals surface area (Å²) in [6.07, 6.45) is 2.13. The fraction of sp³-hybridized carbons (Fsp3) is 0.600. The molecule has 15 heavy (non-hydrogen) atoms. The number of hydrogen-bond acceptors (Lipinski definition) is 3. The normalized spacial score (nSPS) is 26.8. The minimum Gasteiger partial charge on any atom is -0.490 e. The number of rotatable bonds is 1. The molecule has 0 spiro atoms. The summed E-state index contributed by atoms with van der Waals surface area (Å²) < 4.78 is 4.91. The van der Waals surface area contributed by atoms with E-state index in [4.69, 9.17) is 16.3 Å². The Labute approximate surface area is 92.8 Å². The first-order valence-electron chi connectivity index (χ1n) is 4.93. The molecule has 1 atom stereocenters. The van der Waals surface area contributed by atoms with Crippen molar-refractivity contribution >= 4 is 23.3 Å². The average molecular weight is 230 g/mol. The van der Waals surface area contributed by atoms with E-state index in [2.05, 4.69) is 0 Å². The molecule has 2 aliphatic rings. The SMILES string of the molecule is COC1=C(Cl)C(=O)C[C@H]2CCCN2C1=O. The van der Waals surface area contributed by atoms with E-state index in [1.807, 2.05) is 0 Å². The molecule has 0 aliphatic carbocycles. The Hall–Kier alpha value is -1.03. The predicted octanol–water partition coefficient (Wildman–Crippen LogP) is 1.05. The molecule has 4 nitrogen and oxygen atoms in total. The summed E-state index contributed by atoms with van der Waals surface area (Å²) in [7, 11) is 1.36. The van der Waals surface area contributed by atoms with Crippen LogP contribution in [-0.2, 0) is 14.3 Å². The number of amides is 1. The quantitative estimate of drug-likeness (QED) is 0.675. The molecule has 0 aromatic heterocycles. The van der Waals surface area contributed by atoms with Crippen molar-refractivity contribution in [3.63, 3.8) is 0 Å². The standard InChI is InChI=1S/C10H12ClNO3/c1-15-9-8(11)7(13)5-6-3-2-4-12(6)10(9)14/h6H,2-5H2,1H3/t6-/m1/s1. The van der Waals surface area contributed by atoms with Gasteiger partial charge in [-0.05, 0) is 12.8 Å². The summed E-state index contributed by atoms with van der Waals surface area (Å²) in [6, 6.07) is 0.00593. The van der Waals surface area contributed by atoms with Gasteiger partial charge < -0.3 is 9.64 Å². The molecule has 0 saturated carbocycles. The highest BCUT2D eigenvalue weighted by Crippen LogP contribution is 2.29. The molecule has 1 saturated heterocycles. The van der Waals surface area contributed by atoms with Gasteiger partial charge >= 0.3 is 0 Å². The summed E-state index contributed by atoms with van der Waals surface area (Å²) in [5.41, 5.74) is 0. The highest BCUT2D eigenvalue weighted by molar-refractivity contribution is 6.44. The molecule has 1 amide bonds. The largest absolute Gasteiger partial charge is 0.490 e. The van der Waals surface area contributed by atoms with E-state index in [1.165, 1.54) is 7.11 Å². The van der Waals surface area contributed by atoms with Crippen LogP contribution >= 0.6 is 11.6 Å². The molecular weight excluding hydrogens is 218 g/mol. The molecule has 0 bridgehead atoms. The molecule has 2 heterocycles. The number of carbonyl (C=O) groups excluding carboxylic acids is 2. The van der Waals surface area contributed by atoms with E-state index < -0.39 is 0 Å². The first-order valence-corrected chi connectivity index (χ1v) is 5.31. The van der Waals surface area contributed by atoms with Crippen molar-refractivity contribution in [1.29, 1.82) is 0 Å². The predicted molar refractivity (Wildman–Crippen MR) is 54.2 cm³/mol. The highest BCUT2D eigenvalue weighted by atomic mass is 35.5. The Morgan fingerprint density at radius 1 is 1.47 bits per heavy atom. The summed E-state index contributed by atoms with van der Waals surface area (Å²) in [6.45, 7) is 0.688.